The lowest BCUT2D eigenvalue weighted by Crippen LogP contribution is -2.44. The number of hydrogen-bond acceptors (Lipinski definition) is 3. The van der Waals surface area contributed by atoms with Gasteiger partial charge in [-0.1, -0.05) is 6.07 Å². The Morgan fingerprint density at radius 3 is 2.70 bits per heavy atom. The summed E-state index contributed by atoms with van der Waals surface area (Å²) >= 11 is 0. The lowest BCUT2D eigenvalue weighted by atomic mass is 10.1. The van der Waals surface area contributed by atoms with Crippen LogP contribution in [-0.4, -0.2) is 43.5 Å². The fraction of sp³-hybridized carbons (Fsp3) is 0.533. The summed E-state index contributed by atoms with van der Waals surface area (Å²) in [5, 5.41) is 6.01. The minimum absolute atomic E-state index is 0.0869. The van der Waals surface area contributed by atoms with Crippen molar-refractivity contribution in [1.29, 1.82) is 0 Å². The third-order valence-corrected chi connectivity index (χ3v) is 3.82. The van der Waals surface area contributed by atoms with Crippen LogP contribution in [-0.2, 0) is 4.79 Å². The molecule has 0 aromatic heterocycles. The molecule has 1 heterocycles. The molecule has 1 fully saturated rings. The number of nitrogens with zero attached hydrogens (tertiary/aromatic N) is 1. The number of piperidine rings is 1. The first kappa shape index (κ1) is 14.9. The average Bonchev–Trinajstić information content (AvgIpc) is 2.44. The number of carbonyl (C=O) groups is 1. The van der Waals surface area contributed by atoms with Crippen LogP contribution in [0.15, 0.2) is 18.2 Å². The number of halogens is 1. The van der Waals surface area contributed by atoms with Gasteiger partial charge in [0.25, 0.3) is 0 Å². The molecular weight excluding hydrogens is 257 g/mol. The van der Waals surface area contributed by atoms with Gasteiger partial charge in [0.05, 0.1) is 6.54 Å². The molecule has 0 aliphatic carbocycles. The molecule has 2 rings (SSSR count). The Labute approximate surface area is 119 Å². The molecule has 0 radical (unpaired) electrons. The van der Waals surface area contributed by atoms with E-state index in [1.807, 2.05) is 7.05 Å². The van der Waals surface area contributed by atoms with E-state index in [0.29, 0.717) is 23.8 Å². The Morgan fingerprint density at radius 2 is 2.10 bits per heavy atom. The van der Waals surface area contributed by atoms with E-state index in [0.717, 1.165) is 25.9 Å². The average molecular weight is 279 g/mol. The molecule has 1 saturated heterocycles. The number of benzene rings is 1. The van der Waals surface area contributed by atoms with Crippen LogP contribution >= 0.6 is 0 Å². The highest BCUT2D eigenvalue weighted by molar-refractivity contribution is 5.92. The Hall–Kier alpha value is -1.46. The van der Waals surface area contributed by atoms with E-state index < -0.39 is 0 Å². The van der Waals surface area contributed by atoms with Crippen LogP contribution in [0, 0.1) is 12.7 Å². The minimum atomic E-state index is -0.294. The number of nitrogens with one attached hydrogen (secondary N) is 2. The molecule has 0 unspecified atom stereocenters. The van der Waals surface area contributed by atoms with Gasteiger partial charge in [-0.15, -0.1) is 0 Å². The highest BCUT2D eigenvalue weighted by Crippen LogP contribution is 2.14. The summed E-state index contributed by atoms with van der Waals surface area (Å²) in [4.78, 5) is 14.1. The van der Waals surface area contributed by atoms with Crippen LogP contribution in [0.25, 0.3) is 0 Å². The van der Waals surface area contributed by atoms with Crippen molar-refractivity contribution in [3.8, 4) is 0 Å². The quantitative estimate of drug-likeness (QED) is 0.882. The van der Waals surface area contributed by atoms with Gasteiger partial charge in [0, 0.05) is 24.8 Å². The van der Waals surface area contributed by atoms with Gasteiger partial charge in [0.15, 0.2) is 0 Å². The van der Waals surface area contributed by atoms with Gasteiger partial charge in [-0.3, -0.25) is 9.69 Å². The Kier molecular flexibility index (Phi) is 5.09. The molecule has 1 aliphatic heterocycles. The molecule has 0 saturated carbocycles. The largest absolute Gasteiger partial charge is 0.325 e. The molecule has 4 nitrogen and oxygen atoms in total. The maximum atomic E-state index is 13.4. The number of likely N-dealkylation sites (tertiary alicyclic amines) is 1. The number of carbonyl (C=O) groups excluding carboxylic acids is 1. The topological polar surface area (TPSA) is 44.4 Å². The zero-order valence-corrected chi connectivity index (χ0v) is 12.1. The van der Waals surface area contributed by atoms with Gasteiger partial charge < -0.3 is 10.6 Å². The zero-order valence-electron chi connectivity index (χ0n) is 12.1. The van der Waals surface area contributed by atoms with Crippen molar-refractivity contribution in [2.45, 2.75) is 25.8 Å². The summed E-state index contributed by atoms with van der Waals surface area (Å²) < 4.78 is 13.4. The summed E-state index contributed by atoms with van der Waals surface area (Å²) in [6, 6.07) is 5.31. The van der Waals surface area contributed by atoms with Crippen LogP contribution in [0.5, 0.6) is 0 Å². The van der Waals surface area contributed by atoms with E-state index in [2.05, 4.69) is 15.5 Å². The molecule has 1 aromatic carbocycles. The first-order valence-corrected chi connectivity index (χ1v) is 7.04. The molecule has 1 amide bonds. The molecular formula is C15H22FN3O. The lowest BCUT2D eigenvalue weighted by molar-refractivity contribution is -0.117. The highest BCUT2D eigenvalue weighted by Gasteiger charge is 2.19. The fourth-order valence-corrected chi connectivity index (χ4v) is 2.45. The van der Waals surface area contributed by atoms with E-state index in [1.165, 1.54) is 6.07 Å². The van der Waals surface area contributed by atoms with Gasteiger partial charge in [0.2, 0.25) is 5.91 Å². The Balaban J connectivity index is 1.82. The van der Waals surface area contributed by atoms with Crippen LogP contribution in [0.4, 0.5) is 10.1 Å². The first-order chi connectivity index (χ1) is 9.58. The smallest absolute Gasteiger partial charge is 0.238 e. The first-order valence-electron chi connectivity index (χ1n) is 7.04. The third kappa shape index (κ3) is 4.02. The number of hydrogen-bond donors (Lipinski definition) is 2. The lowest BCUT2D eigenvalue weighted by Gasteiger charge is -2.31. The molecule has 0 atom stereocenters. The molecule has 20 heavy (non-hydrogen) atoms. The van der Waals surface area contributed by atoms with E-state index in [-0.39, 0.29) is 11.7 Å². The predicted octanol–water partition coefficient (Wildman–Crippen LogP) is 1.76. The highest BCUT2D eigenvalue weighted by atomic mass is 19.1. The molecule has 0 bridgehead atoms. The van der Waals surface area contributed by atoms with Crippen molar-refractivity contribution in [3.63, 3.8) is 0 Å². The van der Waals surface area contributed by atoms with Gasteiger partial charge in [-0.25, -0.2) is 4.39 Å². The van der Waals surface area contributed by atoms with Crippen molar-refractivity contribution in [1.82, 2.24) is 10.2 Å². The van der Waals surface area contributed by atoms with E-state index in [1.54, 1.807) is 19.1 Å². The predicted molar refractivity (Wildman–Crippen MR) is 78.3 cm³/mol. The van der Waals surface area contributed by atoms with E-state index >= 15 is 0 Å². The number of aryl methyl sites for hydroxylation is 1. The van der Waals surface area contributed by atoms with Gasteiger partial charge in [-0.05, 0) is 44.5 Å². The minimum Gasteiger partial charge on any atom is -0.325 e. The summed E-state index contributed by atoms with van der Waals surface area (Å²) in [7, 11) is 1.97. The summed E-state index contributed by atoms with van der Waals surface area (Å²) in [6.07, 6.45) is 2.12. The summed E-state index contributed by atoms with van der Waals surface area (Å²) in [5.74, 6) is -0.381. The van der Waals surface area contributed by atoms with Crippen molar-refractivity contribution in [2.24, 2.45) is 0 Å². The van der Waals surface area contributed by atoms with E-state index in [4.69, 9.17) is 0 Å². The zero-order chi connectivity index (χ0) is 14.5. The van der Waals surface area contributed by atoms with Crippen LogP contribution in [0.2, 0.25) is 0 Å². The van der Waals surface area contributed by atoms with Gasteiger partial charge >= 0.3 is 0 Å². The van der Waals surface area contributed by atoms with Crippen LogP contribution in [0.1, 0.15) is 18.4 Å². The van der Waals surface area contributed by atoms with E-state index in [9.17, 15) is 9.18 Å². The standard InChI is InChI=1S/C15H22FN3O/c1-11-3-4-13(9-14(11)16)18-15(20)10-19-7-5-12(17-2)6-8-19/h3-4,9,12,17H,5-8,10H2,1-2H3,(H,18,20). The Bertz CT molecular complexity index is 470. The third-order valence-electron chi connectivity index (χ3n) is 3.82. The second kappa shape index (κ2) is 6.81. The van der Waals surface area contributed by atoms with Crippen molar-refractivity contribution in [3.05, 3.63) is 29.6 Å². The monoisotopic (exact) mass is 279 g/mol. The van der Waals surface area contributed by atoms with Crippen molar-refractivity contribution >= 4 is 11.6 Å². The fourth-order valence-electron chi connectivity index (χ4n) is 2.45. The molecule has 110 valence electrons. The number of rotatable bonds is 4. The molecule has 0 spiro atoms. The van der Waals surface area contributed by atoms with Crippen molar-refractivity contribution < 1.29 is 9.18 Å². The SMILES string of the molecule is CNC1CCN(CC(=O)Nc2ccc(C)c(F)c2)CC1. The molecule has 5 heteroatoms. The molecule has 2 N–H and O–H groups in total. The maximum absolute atomic E-state index is 13.4. The number of anilines is 1. The maximum Gasteiger partial charge on any atom is 0.238 e. The summed E-state index contributed by atoms with van der Waals surface area (Å²) in [6.45, 7) is 3.90. The molecule has 1 aliphatic rings. The van der Waals surface area contributed by atoms with Gasteiger partial charge in [0.1, 0.15) is 5.82 Å². The van der Waals surface area contributed by atoms with Crippen LogP contribution in [0.3, 0.4) is 0 Å². The summed E-state index contributed by atoms with van der Waals surface area (Å²) in [5.41, 5.74) is 1.10. The van der Waals surface area contributed by atoms with Crippen LogP contribution < -0.4 is 10.6 Å². The Morgan fingerprint density at radius 1 is 1.40 bits per heavy atom. The van der Waals surface area contributed by atoms with Gasteiger partial charge in [-0.2, -0.15) is 0 Å². The number of amides is 1. The second-order valence-electron chi connectivity index (χ2n) is 5.35. The van der Waals surface area contributed by atoms with Crippen molar-refractivity contribution in [2.75, 3.05) is 32.0 Å². The second-order valence-corrected chi connectivity index (χ2v) is 5.35. The molecule has 1 aromatic rings. The normalized spacial score (nSPS) is 17.1.